The molecule has 1 aromatic rings. The van der Waals surface area contributed by atoms with Crippen LogP contribution in [0.15, 0.2) is 6.33 Å². The van der Waals surface area contributed by atoms with Crippen molar-refractivity contribution in [1.82, 2.24) is 20.1 Å². The summed E-state index contributed by atoms with van der Waals surface area (Å²) in [6.07, 6.45) is 8.74. The van der Waals surface area contributed by atoms with Gasteiger partial charge in [0.25, 0.3) is 0 Å². The van der Waals surface area contributed by atoms with E-state index < -0.39 is 0 Å². The van der Waals surface area contributed by atoms with Gasteiger partial charge in [0, 0.05) is 6.04 Å². The first-order valence-electron chi connectivity index (χ1n) is 6.65. The van der Waals surface area contributed by atoms with Crippen molar-refractivity contribution in [1.29, 1.82) is 0 Å². The molecule has 0 unspecified atom stereocenters. The molecule has 0 aromatic carbocycles. The molecule has 0 aliphatic heterocycles. The second-order valence-corrected chi connectivity index (χ2v) is 4.82. The largest absolute Gasteiger partial charge is 0.352 e. The molecule has 1 aliphatic carbocycles. The number of hydrogen-bond donors (Lipinski definition) is 2. The van der Waals surface area contributed by atoms with Crippen LogP contribution in [0.5, 0.6) is 0 Å². The third-order valence-corrected chi connectivity index (χ3v) is 3.29. The Kier molecular flexibility index (Phi) is 4.69. The first-order chi connectivity index (χ1) is 8.78. The van der Waals surface area contributed by atoms with Gasteiger partial charge in [-0.15, -0.1) is 0 Å². The first kappa shape index (κ1) is 13.0. The summed E-state index contributed by atoms with van der Waals surface area (Å²) in [5.41, 5.74) is 5.42. The van der Waals surface area contributed by atoms with Crippen LogP contribution in [0.1, 0.15) is 44.3 Å². The van der Waals surface area contributed by atoms with Crippen molar-refractivity contribution >= 4 is 5.91 Å². The van der Waals surface area contributed by atoms with Gasteiger partial charge in [0.05, 0.1) is 6.54 Å². The fourth-order valence-electron chi connectivity index (χ4n) is 2.35. The second-order valence-electron chi connectivity index (χ2n) is 4.82. The average Bonchev–Trinajstić information content (AvgIpc) is 2.65. The Morgan fingerprint density at radius 3 is 2.72 bits per heavy atom. The molecule has 1 heterocycles. The number of amides is 1. The highest BCUT2D eigenvalue weighted by molar-refractivity contribution is 5.75. The van der Waals surface area contributed by atoms with Crippen LogP contribution in [0.3, 0.4) is 0 Å². The summed E-state index contributed by atoms with van der Waals surface area (Å²) in [5.74, 6) is 0.577. The molecule has 6 nitrogen and oxygen atoms in total. The fraction of sp³-hybridized carbons (Fsp3) is 0.750. The zero-order valence-electron chi connectivity index (χ0n) is 10.6. The van der Waals surface area contributed by atoms with Gasteiger partial charge in [-0.05, 0) is 12.8 Å². The Morgan fingerprint density at radius 2 is 2.11 bits per heavy atom. The van der Waals surface area contributed by atoms with Crippen molar-refractivity contribution in [2.24, 2.45) is 5.73 Å². The van der Waals surface area contributed by atoms with Gasteiger partial charge in [-0.1, -0.05) is 25.7 Å². The lowest BCUT2D eigenvalue weighted by atomic mass is 10.1. The lowest BCUT2D eigenvalue weighted by Crippen LogP contribution is -2.36. The maximum Gasteiger partial charge on any atom is 0.242 e. The standard InChI is InChI=1S/C12H21N5O/c13-7-11-14-9-17(16-11)8-12(18)15-10-5-3-1-2-4-6-10/h9-10H,1-8,13H2,(H,15,18). The lowest BCUT2D eigenvalue weighted by molar-refractivity contribution is -0.122. The molecule has 1 amide bonds. The van der Waals surface area contributed by atoms with E-state index in [9.17, 15) is 4.79 Å². The maximum absolute atomic E-state index is 11.9. The molecule has 0 saturated heterocycles. The molecule has 0 atom stereocenters. The number of carbonyl (C=O) groups is 1. The van der Waals surface area contributed by atoms with Crippen LogP contribution in [-0.4, -0.2) is 26.7 Å². The van der Waals surface area contributed by atoms with E-state index >= 15 is 0 Å². The Balaban J connectivity index is 1.80. The van der Waals surface area contributed by atoms with E-state index in [1.54, 1.807) is 6.33 Å². The Hall–Kier alpha value is -1.43. The van der Waals surface area contributed by atoms with E-state index in [2.05, 4.69) is 15.4 Å². The van der Waals surface area contributed by atoms with Crippen molar-refractivity contribution in [3.8, 4) is 0 Å². The van der Waals surface area contributed by atoms with Crippen LogP contribution < -0.4 is 11.1 Å². The number of rotatable bonds is 4. The molecule has 100 valence electrons. The SMILES string of the molecule is NCc1ncn(CC(=O)NC2CCCCCC2)n1. The fourth-order valence-corrected chi connectivity index (χ4v) is 2.35. The summed E-state index contributed by atoms with van der Waals surface area (Å²) < 4.78 is 1.54. The molecule has 0 bridgehead atoms. The van der Waals surface area contributed by atoms with Crippen LogP contribution >= 0.6 is 0 Å². The summed E-state index contributed by atoms with van der Waals surface area (Å²) in [5, 5.41) is 7.18. The number of nitrogens with one attached hydrogen (secondary N) is 1. The highest BCUT2D eigenvalue weighted by Crippen LogP contribution is 2.17. The van der Waals surface area contributed by atoms with Crippen molar-refractivity contribution in [2.45, 2.75) is 57.7 Å². The molecule has 1 fully saturated rings. The average molecular weight is 251 g/mol. The van der Waals surface area contributed by atoms with Crippen molar-refractivity contribution in [3.05, 3.63) is 12.2 Å². The molecule has 1 aliphatic rings. The predicted molar refractivity (Wildman–Crippen MR) is 67.5 cm³/mol. The van der Waals surface area contributed by atoms with E-state index in [1.807, 2.05) is 0 Å². The van der Waals surface area contributed by atoms with E-state index in [0.29, 0.717) is 18.4 Å². The summed E-state index contributed by atoms with van der Waals surface area (Å²) in [4.78, 5) is 15.9. The lowest BCUT2D eigenvalue weighted by Gasteiger charge is -2.15. The van der Waals surface area contributed by atoms with Gasteiger partial charge >= 0.3 is 0 Å². The Labute approximate surface area is 107 Å². The van der Waals surface area contributed by atoms with Gasteiger partial charge in [-0.2, -0.15) is 5.10 Å². The molecule has 18 heavy (non-hydrogen) atoms. The van der Waals surface area contributed by atoms with Gasteiger partial charge in [0.15, 0.2) is 5.82 Å². The number of aromatic nitrogens is 3. The second kappa shape index (κ2) is 6.49. The van der Waals surface area contributed by atoms with Gasteiger partial charge < -0.3 is 11.1 Å². The third kappa shape index (κ3) is 3.80. The van der Waals surface area contributed by atoms with Crippen LogP contribution in [0.4, 0.5) is 0 Å². The van der Waals surface area contributed by atoms with Gasteiger partial charge in [0.2, 0.25) is 5.91 Å². The summed E-state index contributed by atoms with van der Waals surface area (Å²) in [6.45, 7) is 0.529. The molecule has 1 saturated carbocycles. The predicted octanol–water partition coefficient (Wildman–Crippen LogP) is 0.576. The molecular formula is C12H21N5O. The van der Waals surface area contributed by atoms with E-state index in [-0.39, 0.29) is 12.5 Å². The highest BCUT2D eigenvalue weighted by atomic mass is 16.2. The van der Waals surface area contributed by atoms with Crippen molar-refractivity contribution < 1.29 is 4.79 Å². The maximum atomic E-state index is 11.9. The molecule has 0 radical (unpaired) electrons. The monoisotopic (exact) mass is 251 g/mol. The molecular weight excluding hydrogens is 230 g/mol. The quantitative estimate of drug-likeness (QED) is 0.766. The summed E-state index contributed by atoms with van der Waals surface area (Å²) >= 11 is 0. The zero-order chi connectivity index (χ0) is 12.8. The van der Waals surface area contributed by atoms with Crippen LogP contribution in [0, 0.1) is 0 Å². The van der Waals surface area contributed by atoms with E-state index in [4.69, 9.17) is 5.73 Å². The first-order valence-corrected chi connectivity index (χ1v) is 6.65. The number of nitrogens with zero attached hydrogens (tertiary/aromatic N) is 3. The normalized spacial score (nSPS) is 17.4. The Morgan fingerprint density at radius 1 is 1.39 bits per heavy atom. The molecule has 6 heteroatoms. The van der Waals surface area contributed by atoms with Crippen LogP contribution in [0.25, 0.3) is 0 Å². The molecule has 1 aromatic heterocycles. The van der Waals surface area contributed by atoms with Crippen LogP contribution in [0.2, 0.25) is 0 Å². The van der Waals surface area contributed by atoms with Gasteiger partial charge in [-0.25, -0.2) is 9.67 Å². The minimum absolute atomic E-state index is 0.00960. The number of nitrogens with two attached hydrogens (primary N) is 1. The zero-order valence-corrected chi connectivity index (χ0v) is 10.6. The van der Waals surface area contributed by atoms with Crippen molar-refractivity contribution in [2.75, 3.05) is 0 Å². The number of carbonyl (C=O) groups excluding carboxylic acids is 1. The smallest absolute Gasteiger partial charge is 0.242 e. The molecule has 2 rings (SSSR count). The molecule has 0 spiro atoms. The van der Waals surface area contributed by atoms with E-state index in [0.717, 1.165) is 12.8 Å². The van der Waals surface area contributed by atoms with Crippen molar-refractivity contribution in [3.63, 3.8) is 0 Å². The minimum Gasteiger partial charge on any atom is -0.352 e. The van der Waals surface area contributed by atoms with Gasteiger partial charge in [-0.3, -0.25) is 4.79 Å². The molecule has 3 N–H and O–H groups in total. The summed E-state index contributed by atoms with van der Waals surface area (Å²) in [7, 11) is 0. The van der Waals surface area contributed by atoms with Gasteiger partial charge in [0.1, 0.15) is 12.9 Å². The van der Waals surface area contributed by atoms with Crippen LogP contribution in [-0.2, 0) is 17.9 Å². The number of hydrogen-bond acceptors (Lipinski definition) is 4. The highest BCUT2D eigenvalue weighted by Gasteiger charge is 2.15. The Bertz CT molecular complexity index is 382. The topological polar surface area (TPSA) is 85.8 Å². The summed E-state index contributed by atoms with van der Waals surface area (Å²) in [6, 6.07) is 0.331. The third-order valence-electron chi connectivity index (χ3n) is 3.29. The minimum atomic E-state index is 0.00960. The van der Waals surface area contributed by atoms with E-state index in [1.165, 1.54) is 30.4 Å².